The molecule has 6 heterocycles. The fourth-order valence-corrected chi connectivity index (χ4v) is 5.90. The first-order valence-electron chi connectivity index (χ1n) is 10.3. The molecule has 5 N–H and O–H groups in total. The van der Waals surface area contributed by atoms with Gasteiger partial charge in [-0.2, -0.15) is 15.1 Å². The van der Waals surface area contributed by atoms with Crippen molar-refractivity contribution < 1.29 is 4.74 Å². The van der Waals surface area contributed by atoms with E-state index in [9.17, 15) is 0 Å². The molecule has 0 amide bonds. The van der Waals surface area contributed by atoms with Crippen molar-refractivity contribution in [1.82, 2.24) is 25.1 Å². The Morgan fingerprint density at radius 2 is 2.00 bits per heavy atom. The van der Waals surface area contributed by atoms with Crippen LogP contribution in [0.4, 0.5) is 17.6 Å². The van der Waals surface area contributed by atoms with Gasteiger partial charge in [-0.15, -0.1) is 11.3 Å². The molecule has 0 unspecified atom stereocenters. The molecule has 158 valence electrons. The molecule has 0 atom stereocenters. The predicted molar refractivity (Wildman–Crippen MR) is 121 cm³/mol. The summed E-state index contributed by atoms with van der Waals surface area (Å²) in [6.07, 6.45) is 4.45. The van der Waals surface area contributed by atoms with Crippen LogP contribution >= 0.6 is 11.3 Å². The quantitative estimate of drug-likeness (QED) is 0.439. The van der Waals surface area contributed by atoms with E-state index in [0.29, 0.717) is 11.5 Å². The molecule has 10 heteroatoms. The van der Waals surface area contributed by atoms with Gasteiger partial charge in [0.25, 0.3) is 0 Å². The molecule has 4 aromatic heterocycles. The number of pyridine rings is 1. The molecular weight excluding hydrogens is 412 g/mol. The van der Waals surface area contributed by atoms with E-state index in [2.05, 4.69) is 36.1 Å². The number of nitrogens with two attached hydrogens (primary N) is 2. The average molecular weight is 435 g/mol. The number of ether oxygens (including phenoxy) is 1. The van der Waals surface area contributed by atoms with Crippen LogP contribution in [-0.2, 0) is 16.8 Å². The van der Waals surface area contributed by atoms with Crippen LogP contribution in [-0.4, -0.2) is 44.8 Å². The highest BCUT2D eigenvalue weighted by Gasteiger charge is 2.42. The first-order chi connectivity index (χ1) is 15.1. The Hall–Kier alpha value is -3.24. The van der Waals surface area contributed by atoms with E-state index < -0.39 is 0 Å². The first kappa shape index (κ1) is 18.5. The molecular formula is C21H22N8OS. The fraction of sp³-hybridized carbons (Fsp3) is 0.333. The van der Waals surface area contributed by atoms with Crippen LogP contribution in [0, 0.1) is 0 Å². The summed E-state index contributed by atoms with van der Waals surface area (Å²) in [6.45, 7) is 2.37. The van der Waals surface area contributed by atoms with E-state index in [1.807, 2.05) is 18.2 Å². The van der Waals surface area contributed by atoms with E-state index in [4.69, 9.17) is 16.2 Å². The Bertz CT molecular complexity index is 1270. The maximum Gasteiger partial charge on any atom is 0.224 e. The van der Waals surface area contributed by atoms with Gasteiger partial charge in [-0.25, -0.2) is 4.98 Å². The normalized spacial score (nSPS) is 17.9. The van der Waals surface area contributed by atoms with E-state index in [1.165, 1.54) is 10.4 Å². The molecule has 2 aliphatic rings. The number of piperidine rings is 1. The summed E-state index contributed by atoms with van der Waals surface area (Å²) in [5, 5.41) is 7.88. The van der Waals surface area contributed by atoms with Gasteiger partial charge in [-0.05, 0) is 36.6 Å². The van der Waals surface area contributed by atoms with Gasteiger partial charge in [0, 0.05) is 24.4 Å². The smallest absolute Gasteiger partial charge is 0.224 e. The molecule has 2 aliphatic heterocycles. The summed E-state index contributed by atoms with van der Waals surface area (Å²) in [4.78, 5) is 18.0. The second-order valence-corrected chi connectivity index (χ2v) is 9.15. The summed E-state index contributed by atoms with van der Waals surface area (Å²) in [5.41, 5.74) is 14.4. The number of aromatic nitrogens is 5. The van der Waals surface area contributed by atoms with E-state index in [1.54, 1.807) is 17.5 Å². The molecule has 6 rings (SSSR count). The Balaban J connectivity index is 1.31. The lowest BCUT2D eigenvalue weighted by molar-refractivity contribution is -0.0756. The van der Waals surface area contributed by atoms with Crippen LogP contribution in [0.25, 0.3) is 21.6 Å². The number of hydrogen-bond acceptors (Lipinski definition) is 9. The third kappa shape index (κ3) is 3.02. The van der Waals surface area contributed by atoms with Gasteiger partial charge in [0.15, 0.2) is 5.65 Å². The summed E-state index contributed by atoms with van der Waals surface area (Å²) >= 11 is 1.81. The van der Waals surface area contributed by atoms with Gasteiger partial charge in [0.05, 0.1) is 34.4 Å². The molecule has 31 heavy (non-hydrogen) atoms. The lowest BCUT2D eigenvalue weighted by atomic mass is 9.82. The zero-order valence-corrected chi connectivity index (χ0v) is 17.7. The van der Waals surface area contributed by atoms with Crippen molar-refractivity contribution in [1.29, 1.82) is 0 Å². The van der Waals surface area contributed by atoms with Gasteiger partial charge in [0.2, 0.25) is 5.95 Å². The number of thiophene rings is 1. The SMILES string of the molecule is Nc1cccc(-c2cc3c(s2)CCOC32CCN(c3nc(N)nc4[nH]ncc34)CC2)n1. The second-order valence-electron chi connectivity index (χ2n) is 8.01. The van der Waals surface area contributed by atoms with Crippen LogP contribution in [0.1, 0.15) is 23.3 Å². The number of nitrogens with zero attached hydrogens (tertiary/aromatic N) is 5. The van der Waals surface area contributed by atoms with Crippen molar-refractivity contribution >= 4 is 40.0 Å². The summed E-state index contributed by atoms with van der Waals surface area (Å²) in [5.74, 6) is 1.62. The van der Waals surface area contributed by atoms with Gasteiger partial charge >= 0.3 is 0 Å². The fourth-order valence-electron chi connectivity index (χ4n) is 4.70. The third-order valence-electron chi connectivity index (χ3n) is 6.21. The molecule has 1 saturated heterocycles. The van der Waals surface area contributed by atoms with Crippen LogP contribution in [0.5, 0.6) is 0 Å². The van der Waals surface area contributed by atoms with Crippen molar-refractivity contribution in [3.8, 4) is 10.6 Å². The minimum Gasteiger partial charge on any atom is -0.384 e. The topological polar surface area (TPSA) is 132 Å². The highest BCUT2D eigenvalue weighted by atomic mass is 32.1. The van der Waals surface area contributed by atoms with Crippen molar-refractivity contribution in [2.45, 2.75) is 24.9 Å². The molecule has 0 radical (unpaired) electrons. The van der Waals surface area contributed by atoms with Gasteiger partial charge in [-0.3, -0.25) is 5.10 Å². The number of anilines is 3. The zero-order chi connectivity index (χ0) is 21.0. The average Bonchev–Trinajstić information content (AvgIpc) is 3.42. The lowest BCUT2D eigenvalue weighted by Crippen LogP contribution is -2.46. The van der Waals surface area contributed by atoms with Gasteiger partial charge in [-0.1, -0.05) is 6.07 Å². The third-order valence-corrected chi connectivity index (χ3v) is 7.43. The Kier molecular flexibility index (Phi) is 4.12. The molecule has 4 aromatic rings. The molecule has 9 nitrogen and oxygen atoms in total. The van der Waals surface area contributed by atoms with Crippen molar-refractivity contribution in [3.63, 3.8) is 0 Å². The van der Waals surface area contributed by atoms with Gasteiger partial charge in [0.1, 0.15) is 11.6 Å². The maximum absolute atomic E-state index is 6.45. The number of hydrogen-bond donors (Lipinski definition) is 3. The lowest BCUT2D eigenvalue weighted by Gasteiger charge is -2.44. The van der Waals surface area contributed by atoms with E-state index >= 15 is 0 Å². The van der Waals surface area contributed by atoms with Crippen molar-refractivity contribution in [2.24, 2.45) is 0 Å². The van der Waals surface area contributed by atoms with E-state index in [-0.39, 0.29) is 11.5 Å². The summed E-state index contributed by atoms with van der Waals surface area (Å²) < 4.78 is 6.45. The Morgan fingerprint density at radius 1 is 1.13 bits per heavy atom. The number of H-pyrrole nitrogens is 1. The molecule has 0 aliphatic carbocycles. The van der Waals surface area contributed by atoms with Crippen molar-refractivity contribution in [3.05, 3.63) is 40.9 Å². The minimum absolute atomic E-state index is 0.250. The van der Waals surface area contributed by atoms with Crippen LogP contribution in [0.3, 0.4) is 0 Å². The largest absolute Gasteiger partial charge is 0.384 e. The molecule has 0 bridgehead atoms. The van der Waals surface area contributed by atoms with Crippen molar-refractivity contribution in [2.75, 3.05) is 36.1 Å². The zero-order valence-electron chi connectivity index (χ0n) is 16.8. The maximum atomic E-state index is 6.45. The number of fused-ring (bicyclic) bond motifs is 3. The van der Waals surface area contributed by atoms with Crippen LogP contribution < -0.4 is 16.4 Å². The number of rotatable bonds is 2. The molecule has 1 fully saturated rings. The number of aromatic amines is 1. The number of nitrogen functional groups attached to an aromatic ring is 2. The minimum atomic E-state index is -0.271. The highest BCUT2D eigenvalue weighted by molar-refractivity contribution is 7.15. The van der Waals surface area contributed by atoms with Gasteiger partial charge < -0.3 is 21.1 Å². The Labute approximate surface area is 182 Å². The first-order valence-corrected chi connectivity index (χ1v) is 11.1. The van der Waals surface area contributed by atoms with Crippen LogP contribution in [0.2, 0.25) is 0 Å². The van der Waals surface area contributed by atoms with E-state index in [0.717, 1.165) is 60.7 Å². The highest BCUT2D eigenvalue weighted by Crippen LogP contribution is 2.47. The molecule has 1 spiro atoms. The molecule has 0 saturated carbocycles. The number of nitrogens with one attached hydrogen (secondary N) is 1. The monoisotopic (exact) mass is 434 g/mol. The second kappa shape index (κ2) is 6.89. The molecule has 0 aromatic carbocycles. The summed E-state index contributed by atoms with van der Waals surface area (Å²) in [7, 11) is 0. The predicted octanol–water partition coefficient (Wildman–Crippen LogP) is 2.71. The Morgan fingerprint density at radius 3 is 2.84 bits per heavy atom. The standard InChI is InChI=1S/C21H22N8OS/c22-17-3-1-2-14(25-17)16-10-13-15(31-16)4-9-30-21(13)5-7-29(8-6-21)19-12-11-24-28-18(12)26-20(23)27-19/h1-3,10-11H,4-9H2,(H2,22,25)(H3,23,24,26,27,28). The van der Waals surface area contributed by atoms with Crippen LogP contribution in [0.15, 0.2) is 30.5 Å². The summed E-state index contributed by atoms with van der Waals surface area (Å²) in [6, 6.07) is 8.03.